The Balaban J connectivity index is 2.07. The molecule has 2 atom stereocenters. The summed E-state index contributed by atoms with van der Waals surface area (Å²) in [6, 6.07) is 10.2. The van der Waals surface area contributed by atoms with E-state index in [2.05, 4.69) is 17.0 Å². The van der Waals surface area contributed by atoms with Gasteiger partial charge in [0.25, 0.3) is 0 Å². The van der Waals surface area contributed by atoms with Crippen molar-refractivity contribution in [3.63, 3.8) is 0 Å². The Kier molecular flexibility index (Phi) is 5.56. The Bertz CT molecular complexity index is 422. The molecule has 0 amide bonds. The lowest BCUT2D eigenvalue weighted by Gasteiger charge is -2.36. The first-order valence-corrected chi connectivity index (χ1v) is 7.33. The topological polar surface area (TPSA) is 55.6 Å². The van der Waals surface area contributed by atoms with Gasteiger partial charge in [0.1, 0.15) is 6.04 Å². The molecular formula is C16H24N2O2. The number of carbonyl (C=O) groups is 1. The van der Waals surface area contributed by atoms with Crippen LogP contribution in [0.4, 0.5) is 0 Å². The third-order valence-corrected chi connectivity index (χ3v) is 4.10. The minimum atomic E-state index is -0.117. The average Bonchev–Trinajstić information content (AvgIpc) is 2.53. The van der Waals surface area contributed by atoms with Crippen LogP contribution < -0.4 is 5.73 Å². The van der Waals surface area contributed by atoms with Gasteiger partial charge in [0.15, 0.2) is 0 Å². The summed E-state index contributed by atoms with van der Waals surface area (Å²) in [5.74, 6) is 0.148. The Labute approximate surface area is 120 Å². The number of esters is 1. The lowest BCUT2D eigenvalue weighted by molar-refractivity contribution is -0.148. The van der Waals surface area contributed by atoms with Crippen LogP contribution in [0, 0.1) is 0 Å². The maximum absolute atomic E-state index is 11.9. The Morgan fingerprint density at radius 2 is 2.15 bits per heavy atom. The SMILES string of the molecule is COC(=O)C1CCCCN1CC(CN)c1ccccc1. The van der Waals surface area contributed by atoms with E-state index in [9.17, 15) is 4.79 Å². The van der Waals surface area contributed by atoms with Gasteiger partial charge >= 0.3 is 5.97 Å². The lowest BCUT2D eigenvalue weighted by atomic mass is 9.95. The number of rotatable bonds is 5. The van der Waals surface area contributed by atoms with E-state index >= 15 is 0 Å². The second-order valence-electron chi connectivity index (χ2n) is 5.37. The van der Waals surface area contributed by atoms with Gasteiger partial charge in [0.05, 0.1) is 7.11 Å². The van der Waals surface area contributed by atoms with Gasteiger partial charge < -0.3 is 10.5 Å². The van der Waals surface area contributed by atoms with E-state index in [4.69, 9.17) is 10.5 Å². The fourth-order valence-corrected chi connectivity index (χ4v) is 2.94. The zero-order chi connectivity index (χ0) is 14.4. The Morgan fingerprint density at radius 1 is 1.40 bits per heavy atom. The van der Waals surface area contributed by atoms with Gasteiger partial charge in [-0.1, -0.05) is 36.8 Å². The van der Waals surface area contributed by atoms with E-state index in [1.54, 1.807) is 0 Å². The molecule has 2 rings (SSSR count). The molecule has 1 aromatic carbocycles. The van der Waals surface area contributed by atoms with Crippen molar-refractivity contribution in [2.45, 2.75) is 31.2 Å². The number of piperidine rings is 1. The fraction of sp³-hybridized carbons (Fsp3) is 0.562. The van der Waals surface area contributed by atoms with Crippen molar-refractivity contribution in [1.82, 2.24) is 4.90 Å². The molecule has 2 unspecified atom stereocenters. The standard InChI is InChI=1S/C16H24N2O2/c1-20-16(19)15-9-5-6-10-18(15)12-14(11-17)13-7-3-2-4-8-13/h2-4,7-8,14-15H,5-6,9-12,17H2,1H3. The van der Waals surface area contributed by atoms with Crippen LogP contribution in [0.25, 0.3) is 0 Å². The van der Waals surface area contributed by atoms with Crippen LogP contribution in [0.3, 0.4) is 0 Å². The van der Waals surface area contributed by atoms with Gasteiger partial charge in [0, 0.05) is 19.0 Å². The van der Waals surface area contributed by atoms with Crippen molar-refractivity contribution in [3.05, 3.63) is 35.9 Å². The van der Waals surface area contributed by atoms with Crippen molar-refractivity contribution in [2.24, 2.45) is 5.73 Å². The molecule has 20 heavy (non-hydrogen) atoms. The summed E-state index contributed by atoms with van der Waals surface area (Å²) in [4.78, 5) is 14.1. The second kappa shape index (κ2) is 7.41. The number of nitrogens with two attached hydrogens (primary N) is 1. The highest BCUT2D eigenvalue weighted by atomic mass is 16.5. The maximum atomic E-state index is 11.9. The molecule has 0 saturated carbocycles. The minimum absolute atomic E-state index is 0.105. The van der Waals surface area contributed by atoms with E-state index in [-0.39, 0.29) is 17.9 Å². The molecule has 1 saturated heterocycles. The van der Waals surface area contributed by atoms with Gasteiger partial charge in [-0.25, -0.2) is 0 Å². The summed E-state index contributed by atoms with van der Waals surface area (Å²) >= 11 is 0. The normalized spacial score (nSPS) is 21.4. The van der Waals surface area contributed by atoms with E-state index < -0.39 is 0 Å². The maximum Gasteiger partial charge on any atom is 0.323 e. The van der Waals surface area contributed by atoms with Crippen LogP contribution in [0.5, 0.6) is 0 Å². The largest absolute Gasteiger partial charge is 0.468 e. The summed E-state index contributed by atoms with van der Waals surface area (Å²) in [6.07, 6.45) is 3.12. The van der Waals surface area contributed by atoms with Crippen molar-refractivity contribution in [3.8, 4) is 0 Å². The van der Waals surface area contributed by atoms with Gasteiger partial charge in [-0.2, -0.15) is 0 Å². The lowest BCUT2D eigenvalue weighted by Crippen LogP contribution is -2.47. The summed E-state index contributed by atoms with van der Waals surface area (Å²) in [7, 11) is 1.47. The molecular weight excluding hydrogens is 252 g/mol. The minimum Gasteiger partial charge on any atom is -0.468 e. The first-order chi connectivity index (χ1) is 9.76. The summed E-state index contributed by atoms with van der Waals surface area (Å²) in [5, 5.41) is 0. The first kappa shape index (κ1) is 15.0. The number of ether oxygens (including phenoxy) is 1. The van der Waals surface area contributed by atoms with Crippen molar-refractivity contribution < 1.29 is 9.53 Å². The molecule has 0 bridgehead atoms. The number of nitrogens with zero attached hydrogens (tertiary/aromatic N) is 1. The highest BCUT2D eigenvalue weighted by molar-refractivity contribution is 5.75. The van der Waals surface area contributed by atoms with Crippen LogP contribution in [0.1, 0.15) is 30.7 Å². The van der Waals surface area contributed by atoms with Crippen LogP contribution in [0.15, 0.2) is 30.3 Å². The number of hydrogen-bond acceptors (Lipinski definition) is 4. The van der Waals surface area contributed by atoms with Crippen LogP contribution in [0.2, 0.25) is 0 Å². The monoisotopic (exact) mass is 276 g/mol. The highest BCUT2D eigenvalue weighted by Gasteiger charge is 2.30. The molecule has 0 spiro atoms. The molecule has 1 aliphatic heterocycles. The summed E-state index contributed by atoms with van der Waals surface area (Å²) in [5.41, 5.74) is 7.17. The molecule has 0 radical (unpaired) electrons. The zero-order valence-corrected chi connectivity index (χ0v) is 12.1. The molecule has 1 aromatic rings. The molecule has 0 aliphatic carbocycles. The third kappa shape index (κ3) is 3.58. The molecule has 0 aromatic heterocycles. The Morgan fingerprint density at radius 3 is 2.80 bits per heavy atom. The molecule has 4 nitrogen and oxygen atoms in total. The molecule has 4 heteroatoms. The molecule has 1 fully saturated rings. The van der Waals surface area contributed by atoms with Gasteiger partial charge in [-0.15, -0.1) is 0 Å². The average molecular weight is 276 g/mol. The van der Waals surface area contributed by atoms with Crippen molar-refractivity contribution in [1.29, 1.82) is 0 Å². The highest BCUT2D eigenvalue weighted by Crippen LogP contribution is 2.23. The van der Waals surface area contributed by atoms with E-state index in [1.165, 1.54) is 12.7 Å². The quantitative estimate of drug-likeness (QED) is 0.833. The zero-order valence-electron chi connectivity index (χ0n) is 12.1. The van der Waals surface area contributed by atoms with Crippen molar-refractivity contribution >= 4 is 5.97 Å². The van der Waals surface area contributed by atoms with Crippen LogP contribution in [-0.2, 0) is 9.53 Å². The molecule has 1 heterocycles. The van der Waals surface area contributed by atoms with Gasteiger partial charge in [0.2, 0.25) is 0 Å². The second-order valence-corrected chi connectivity index (χ2v) is 5.37. The van der Waals surface area contributed by atoms with Crippen LogP contribution >= 0.6 is 0 Å². The van der Waals surface area contributed by atoms with Gasteiger partial charge in [-0.05, 0) is 24.9 Å². The smallest absolute Gasteiger partial charge is 0.323 e. The number of hydrogen-bond donors (Lipinski definition) is 1. The number of carbonyl (C=O) groups excluding carboxylic acids is 1. The first-order valence-electron chi connectivity index (χ1n) is 7.33. The fourth-order valence-electron chi connectivity index (χ4n) is 2.94. The number of likely N-dealkylation sites (tertiary alicyclic amines) is 1. The third-order valence-electron chi connectivity index (χ3n) is 4.10. The number of benzene rings is 1. The molecule has 110 valence electrons. The Hall–Kier alpha value is -1.39. The van der Waals surface area contributed by atoms with E-state index in [1.807, 2.05) is 18.2 Å². The molecule has 1 aliphatic rings. The summed E-state index contributed by atoms with van der Waals surface area (Å²) < 4.78 is 4.93. The predicted octanol–water partition coefficient (Wildman–Crippen LogP) is 1.76. The predicted molar refractivity (Wildman–Crippen MR) is 79.5 cm³/mol. The molecule has 2 N–H and O–H groups in total. The summed E-state index contributed by atoms with van der Waals surface area (Å²) in [6.45, 7) is 2.36. The van der Waals surface area contributed by atoms with E-state index in [0.29, 0.717) is 6.54 Å². The van der Waals surface area contributed by atoms with Crippen LogP contribution in [-0.4, -0.2) is 43.7 Å². The van der Waals surface area contributed by atoms with Gasteiger partial charge in [-0.3, -0.25) is 9.69 Å². The number of methoxy groups -OCH3 is 1. The van der Waals surface area contributed by atoms with E-state index in [0.717, 1.165) is 32.4 Å². The van der Waals surface area contributed by atoms with Crippen molar-refractivity contribution in [2.75, 3.05) is 26.7 Å².